The summed E-state index contributed by atoms with van der Waals surface area (Å²) in [6, 6.07) is 12.1. The number of aromatic nitrogens is 4. The van der Waals surface area contributed by atoms with Crippen LogP contribution in [0.25, 0.3) is 17.1 Å². The van der Waals surface area contributed by atoms with E-state index < -0.39 is 0 Å². The number of carbonyl (C=O) groups is 1. The summed E-state index contributed by atoms with van der Waals surface area (Å²) in [6.07, 6.45) is 3.34. The van der Waals surface area contributed by atoms with Crippen LogP contribution in [0.1, 0.15) is 16.2 Å². The Bertz CT molecular complexity index is 1160. The standard InChI is InChI=1S/C19H17N5O3/c1-13-18(23-10-3-2-6-16(23)21-13)19(26)20-9-11-24-17(25)8-7-14(22-24)15-5-4-12-27-15/h2-8,10,12H,9,11H2,1H3,(H,20,26). The van der Waals surface area contributed by atoms with Crippen molar-refractivity contribution in [2.24, 2.45) is 0 Å². The van der Waals surface area contributed by atoms with Crippen molar-refractivity contribution < 1.29 is 9.21 Å². The normalized spacial score (nSPS) is 11.0. The van der Waals surface area contributed by atoms with Crippen LogP contribution in [0.2, 0.25) is 0 Å². The first-order valence-electron chi connectivity index (χ1n) is 8.47. The van der Waals surface area contributed by atoms with E-state index in [1.54, 1.807) is 42.0 Å². The number of hydrogen-bond acceptors (Lipinski definition) is 5. The van der Waals surface area contributed by atoms with Gasteiger partial charge in [-0.05, 0) is 37.3 Å². The van der Waals surface area contributed by atoms with E-state index in [2.05, 4.69) is 15.4 Å². The molecule has 0 fully saturated rings. The predicted octanol–water partition coefficient (Wildman–Crippen LogP) is 1.89. The van der Waals surface area contributed by atoms with Crippen molar-refractivity contribution in [2.75, 3.05) is 6.54 Å². The molecule has 4 rings (SSSR count). The number of carbonyl (C=O) groups excluding carboxylic acids is 1. The smallest absolute Gasteiger partial charge is 0.270 e. The van der Waals surface area contributed by atoms with Gasteiger partial charge < -0.3 is 9.73 Å². The Morgan fingerprint density at radius 2 is 2.07 bits per heavy atom. The number of aryl methyl sites for hydroxylation is 1. The molecule has 0 atom stereocenters. The van der Waals surface area contributed by atoms with Gasteiger partial charge in [-0.25, -0.2) is 9.67 Å². The highest BCUT2D eigenvalue weighted by Crippen LogP contribution is 2.15. The van der Waals surface area contributed by atoms with Crippen molar-refractivity contribution in [1.29, 1.82) is 0 Å². The van der Waals surface area contributed by atoms with Crippen LogP contribution in [0, 0.1) is 6.92 Å². The zero-order chi connectivity index (χ0) is 18.8. The third kappa shape index (κ3) is 3.24. The van der Waals surface area contributed by atoms with Gasteiger partial charge in [0.2, 0.25) is 0 Å². The third-order valence-corrected chi connectivity index (χ3v) is 4.17. The third-order valence-electron chi connectivity index (χ3n) is 4.17. The highest BCUT2D eigenvalue weighted by atomic mass is 16.3. The fraction of sp³-hybridized carbons (Fsp3) is 0.158. The van der Waals surface area contributed by atoms with Gasteiger partial charge in [0.25, 0.3) is 11.5 Å². The minimum atomic E-state index is -0.249. The lowest BCUT2D eigenvalue weighted by atomic mass is 10.3. The number of nitrogens with one attached hydrogen (secondary N) is 1. The summed E-state index contributed by atoms with van der Waals surface area (Å²) in [6.45, 7) is 2.29. The Kier molecular flexibility index (Phi) is 4.29. The highest BCUT2D eigenvalue weighted by Gasteiger charge is 2.16. The van der Waals surface area contributed by atoms with Gasteiger partial charge >= 0.3 is 0 Å². The molecule has 27 heavy (non-hydrogen) atoms. The highest BCUT2D eigenvalue weighted by molar-refractivity contribution is 5.94. The second-order valence-electron chi connectivity index (χ2n) is 5.99. The van der Waals surface area contributed by atoms with Crippen LogP contribution in [0.4, 0.5) is 0 Å². The first-order chi connectivity index (χ1) is 13.1. The van der Waals surface area contributed by atoms with E-state index in [-0.39, 0.29) is 24.6 Å². The lowest BCUT2D eigenvalue weighted by Gasteiger charge is -2.08. The lowest BCUT2D eigenvalue weighted by Crippen LogP contribution is -2.32. The molecular weight excluding hydrogens is 346 g/mol. The molecule has 0 unspecified atom stereocenters. The summed E-state index contributed by atoms with van der Waals surface area (Å²) in [5, 5.41) is 7.11. The minimum absolute atomic E-state index is 0.245. The summed E-state index contributed by atoms with van der Waals surface area (Å²) in [4.78, 5) is 29.0. The van der Waals surface area contributed by atoms with Gasteiger partial charge in [0, 0.05) is 18.8 Å². The first-order valence-corrected chi connectivity index (χ1v) is 8.47. The van der Waals surface area contributed by atoms with Gasteiger partial charge in [-0.3, -0.25) is 14.0 Å². The Hall–Kier alpha value is -3.68. The van der Waals surface area contributed by atoms with Crippen molar-refractivity contribution >= 4 is 11.6 Å². The topological polar surface area (TPSA) is 94.4 Å². The SMILES string of the molecule is Cc1nc2ccccn2c1C(=O)NCCn1nc(-c2ccco2)ccc1=O. The predicted molar refractivity (Wildman–Crippen MR) is 98.5 cm³/mol. The number of rotatable bonds is 5. The molecule has 8 heteroatoms. The minimum Gasteiger partial charge on any atom is -0.463 e. The second kappa shape index (κ2) is 6.91. The van der Waals surface area contributed by atoms with E-state index in [0.29, 0.717) is 28.5 Å². The van der Waals surface area contributed by atoms with Crippen LogP contribution in [0.5, 0.6) is 0 Å². The van der Waals surface area contributed by atoms with Crippen molar-refractivity contribution in [3.8, 4) is 11.5 Å². The molecule has 1 N–H and O–H groups in total. The molecule has 4 heterocycles. The number of amides is 1. The van der Waals surface area contributed by atoms with Gasteiger partial charge in [0.05, 0.1) is 18.5 Å². The summed E-state index contributed by atoms with van der Waals surface area (Å²) < 4.78 is 8.35. The number of fused-ring (bicyclic) bond motifs is 1. The number of nitrogens with zero attached hydrogens (tertiary/aromatic N) is 4. The Labute approximate surface area is 154 Å². The van der Waals surface area contributed by atoms with Crippen LogP contribution < -0.4 is 10.9 Å². The van der Waals surface area contributed by atoms with E-state index in [1.165, 1.54) is 10.7 Å². The molecule has 0 aliphatic heterocycles. The van der Waals surface area contributed by atoms with Crippen molar-refractivity contribution in [2.45, 2.75) is 13.5 Å². The monoisotopic (exact) mass is 363 g/mol. The molecule has 0 aliphatic carbocycles. The zero-order valence-corrected chi connectivity index (χ0v) is 14.6. The number of furan rings is 1. The molecule has 0 radical (unpaired) electrons. The number of pyridine rings is 1. The zero-order valence-electron chi connectivity index (χ0n) is 14.6. The van der Waals surface area contributed by atoms with Crippen LogP contribution in [0.3, 0.4) is 0 Å². The quantitative estimate of drug-likeness (QED) is 0.584. The molecule has 0 saturated carbocycles. The molecule has 8 nitrogen and oxygen atoms in total. The van der Waals surface area contributed by atoms with Crippen molar-refractivity contribution in [3.05, 3.63) is 76.7 Å². The second-order valence-corrected chi connectivity index (χ2v) is 5.99. The maximum absolute atomic E-state index is 12.6. The van der Waals surface area contributed by atoms with Gasteiger partial charge in [-0.2, -0.15) is 5.10 Å². The summed E-state index contributed by atoms with van der Waals surface area (Å²) in [7, 11) is 0. The molecule has 0 bridgehead atoms. The fourth-order valence-corrected chi connectivity index (χ4v) is 2.91. The average Bonchev–Trinajstić information content (AvgIpc) is 3.30. The van der Waals surface area contributed by atoms with Crippen LogP contribution in [-0.2, 0) is 6.54 Å². The van der Waals surface area contributed by atoms with Gasteiger partial charge in [-0.15, -0.1) is 0 Å². The van der Waals surface area contributed by atoms with Gasteiger partial charge in [0.15, 0.2) is 5.76 Å². The maximum Gasteiger partial charge on any atom is 0.270 e. The van der Waals surface area contributed by atoms with Crippen LogP contribution in [-0.4, -0.2) is 31.6 Å². The molecule has 0 aliphatic rings. The number of hydrogen-bond donors (Lipinski definition) is 1. The Morgan fingerprint density at radius 3 is 2.89 bits per heavy atom. The van der Waals surface area contributed by atoms with Crippen LogP contribution in [0.15, 0.2) is 64.1 Å². The van der Waals surface area contributed by atoms with Gasteiger partial charge in [-0.1, -0.05) is 6.07 Å². The molecular formula is C19H17N5O3. The van der Waals surface area contributed by atoms with Gasteiger partial charge in [0.1, 0.15) is 17.0 Å². The van der Waals surface area contributed by atoms with Crippen molar-refractivity contribution in [1.82, 2.24) is 24.5 Å². The van der Waals surface area contributed by atoms with E-state index >= 15 is 0 Å². The largest absolute Gasteiger partial charge is 0.463 e. The Balaban J connectivity index is 1.48. The lowest BCUT2D eigenvalue weighted by molar-refractivity contribution is 0.0945. The van der Waals surface area contributed by atoms with Crippen molar-refractivity contribution in [3.63, 3.8) is 0 Å². The van der Waals surface area contributed by atoms with E-state index in [4.69, 9.17) is 4.42 Å². The molecule has 4 aromatic rings. The van der Waals surface area contributed by atoms with Crippen LogP contribution >= 0.6 is 0 Å². The molecule has 0 saturated heterocycles. The molecule has 0 spiro atoms. The summed E-state index contributed by atoms with van der Waals surface area (Å²) in [5.74, 6) is 0.329. The Morgan fingerprint density at radius 1 is 1.19 bits per heavy atom. The average molecular weight is 363 g/mol. The van der Waals surface area contributed by atoms with E-state index in [0.717, 1.165) is 0 Å². The molecule has 1 amide bonds. The number of imidazole rings is 1. The molecule has 136 valence electrons. The van der Waals surface area contributed by atoms with E-state index in [1.807, 2.05) is 18.2 Å². The maximum atomic E-state index is 12.6. The van der Waals surface area contributed by atoms with E-state index in [9.17, 15) is 9.59 Å². The fourth-order valence-electron chi connectivity index (χ4n) is 2.91. The summed E-state index contributed by atoms with van der Waals surface area (Å²) >= 11 is 0. The molecule has 4 aromatic heterocycles. The summed E-state index contributed by atoms with van der Waals surface area (Å²) in [5.41, 5.74) is 2.15. The molecule has 0 aromatic carbocycles. The first kappa shape index (κ1) is 16.8.